The number of nitrogens with one attached hydrogen (secondary N) is 2. The standard InChI is InChI=1S/C18H17F6N5O/c19-17(20,21)11-7-12(18(22,23)24)9-14(8-11)28-16(30)26-10-13-3-4-25-15(27-13)29-5-1-2-6-29/h3-4,7-9H,1-2,5-6,10H2,(H2,26,28,30). The first-order valence-electron chi connectivity index (χ1n) is 8.93. The summed E-state index contributed by atoms with van der Waals surface area (Å²) in [7, 11) is 0. The molecule has 2 N–H and O–H groups in total. The highest BCUT2D eigenvalue weighted by Gasteiger charge is 2.37. The number of hydrogen-bond donors (Lipinski definition) is 2. The minimum atomic E-state index is -5.00. The molecule has 2 heterocycles. The lowest BCUT2D eigenvalue weighted by molar-refractivity contribution is -0.143. The van der Waals surface area contributed by atoms with Crippen molar-refractivity contribution in [3.8, 4) is 0 Å². The van der Waals surface area contributed by atoms with Crippen LogP contribution in [0.2, 0.25) is 0 Å². The molecule has 0 unspecified atom stereocenters. The summed E-state index contributed by atoms with van der Waals surface area (Å²) < 4.78 is 77.4. The molecule has 0 aliphatic carbocycles. The number of carbonyl (C=O) groups is 1. The van der Waals surface area contributed by atoms with Crippen LogP contribution < -0.4 is 15.5 Å². The molecule has 0 spiro atoms. The van der Waals surface area contributed by atoms with Crippen LogP contribution in [0.5, 0.6) is 0 Å². The Morgan fingerprint density at radius 3 is 2.17 bits per heavy atom. The number of anilines is 2. The van der Waals surface area contributed by atoms with Gasteiger partial charge in [0.2, 0.25) is 5.95 Å². The number of carbonyl (C=O) groups excluding carboxylic acids is 1. The first-order chi connectivity index (χ1) is 14.0. The molecule has 1 aromatic heterocycles. The summed E-state index contributed by atoms with van der Waals surface area (Å²) in [5.74, 6) is 0.500. The zero-order valence-corrected chi connectivity index (χ0v) is 15.4. The number of rotatable bonds is 4. The number of hydrogen-bond acceptors (Lipinski definition) is 4. The van der Waals surface area contributed by atoms with Gasteiger partial charge < -0.3 is 15.5 Å². The molecular weight excluding hydrogens is 416 g/mol. The minimum Gasteiger partial charge on any atom is -0.341 e. The zero-order valence-electron chi connectivity index (χ0n) is 15.4. The normalized spacial score (nSPS) is 14.7. The monoisotopic (exact) mass is 433 g/mol. The molecule has 3 rings (SSSR count). The van der Waals surface area contributed by atoms with Crippen molar-refractivity contribution in [1.82, 2.24) is 15.3 Å². The van der Waals surface area contributed by atoms with Crippen LogP contribution >= 0.6 is 0 Å². The van der Waals surface area contributed by atoms with Crippen molar-refractivity contribution in [2.45, 2.75) is 31.7 Å². The van der Waals surface area contributed by atoms with Crippen LogP contribution in [0.15, 0.2) is 30.5 Å². The zero-order chi connectivity index (χ0) is 21.9. The molecule has 1 aliphatic heterocycles. The molecule has 1 aromatic carbocycles. The Bertz CT molecular complexity index is 876. The third kappa shape index (κ3) is 5.51. The van der Waals surface area contributed by atoms with E-state index >= 15 is 0 Å². The Labute approximate surface area is 167 Å². The lowest BCUT2D eigenvalue weighted by Crippen LogP contribution is -2.29. The summed E-state index contributed by atoms with van der Waals surface area (Å²) in [4.78, 5) is 22.4. The minimum absolute atomic E-state index is 0.0101. The van der Waals surface area contributed by atoms with Crippen molar-refractivity contribution in [2.75, 3.05) is 23.3 Å². The maximum atomic E-state index is 12.9. The fourth-order valence-corrected chi connectivity index (χ4v) is 2.93. The number of halogens is 6. The SMILES string of the molecule is O=C(NCc1ccnc(N2CCCC2)n1)Nc1cc(C(F)(F)F)cc(C(F)(F)F)c1. The van der Waals surface area contributed by atoms with Gasteiger partial charge in [0, 0.05) is 25.0 Å². The van der Waals surface area contributed by atoms with E-state index in [1.54, 1.807) is 6.07 Å². The van der Waals surface area contributed by atoms with Crippen molar-refractivity contribution >= 4 is 17.7 Å². The Hall–Kier alpha value is -3.05. The van der Waals surface area contributed by atoms with Crippen LogP contribution in [0.4, 0.5) is 42.8 Å². The lowest BCUT2D eigenvalue weighted by Gasteiger charge is -2.16. The molecule has 1 fully saturated rings. The summed E-state index contributed by atoms with van der Waals surface area (Å²) in [5, 5.41) is 4.36. The van der Waals surface area contributed by atoms with Gasteiger partial charge in [0.15, 0.2) is 0 Å². The maximum Gasteiger partial charge on any atom is 0.416 e. The Morgan fingerprint density at radius 2 is 1.60 bits per heavy atom. The third-order valence-electron chi connectivity index (χ3n) is 4.37. The lowest BCUT2D eigenvalue weighted by atomic mass is 10.1. The number of urea groups is 1. The average Bonchev–Trinajstić information content (AvgIpc) is 3.20. The smallest absolute Gasteiger partial charge is 0.341 e. The van der Waals surface area contributed by atoms with E-state index in [0.717, 1.165) is 25.9 Å². The second-order valence-electron chi connectivity index (χ2n) is 6.64. The van der Waals surface area contributed by atoms with Crippen molar-refractivity contribution in [3.63, 3.8) is 0 Å². The van der Waals surface area contributed by atoms with Crippen LogP contribution in [0.25, 0.3) is 0 Å². The van der Waals surface area contributed by atoms with E-state index < -0.39 is 35.2 Å². The first kappa shape index (κ1) is 21.7. The van der Waals surface area contributed by atoms with E-state index in [2.05, 4.69) is 15.3 Å². The topological polar surface area (TPSA) is 70.2 Å². The van der Waals surface area contributed by atoms with Gasteiger partial charge in [-0.2, -0.15) is 26.3 Å². The van der Waals surface area contributed by atoms with Gasteiger partial charge >= 0.3 is 18.4 Å². The molecule has 0 atom stereocenters. The molecular formula is C18H17F6N5O. The molecule has 6 nitrogen and oxygen atoms in total. The highest BCUT2D eigenvalue weighted by atomic mass is 19.4. The van der Waals surface area contributed by atoms with Gasteiger partial charge in [0.25, 0.3) is 0 Å². The Morgan fingerprint density at radius 1 is 1.00 bits per heavy atom. The Kier molecular flexibility index (Phi) is 6.04. The molecule has 0 saturated carbocycles. The third-order valence-corrected chi connectivity index (χ3v) is 4.37. The first-order valence-corrected chi connectivity index (χ1v) is 8.93. The van der Waals surface area contributed by atoms with Gasteiger partial charge in [-0.15, -0.1) is 0 Å². The second kappa shape index (κ2) is 8.36. The molecule has 162 valence electrons. The van der Waals surface area contributed by atoms with Crippen molar-refractivity contribution in [2.24, 2.45) is 0 Å². The van der Waals surface area contributed by atoms with Crippen molar-refractivity contribution < 1.29 is 31.1 Å². The van der Waals surface area contributed by atoms with E-state index in [1.165, 1.54) is 6.20 Å². The summed E-state index contributed by atoms with van der Waals surface area (Å²) in [6.07, 6.45) is -6.45. The molecule has 2 aromatic rings. The summed E-state index contributed by atoms with van der Waals surface area (Å²) in [6.45, 7) is 1.54. The van der Waals surface area contributed by atoms with Crippen LogP contribution in [0.3, 0.4) is 0 Å². The maximum absolute atomic E-state index is 12.9. The van der Waals surface area contributed by atoms with Crippen molar-refractivity contribution in [1.29, 1.82) is 0 Å². The Balaban J connectivity index is 1.68. The fourth-order valence-electron chi connectivity index (χ4n) is 2.93. The molecule has 12 heteroatoms. The second-order valence-corrected chi connectivity index (χ2v) is 6.64. The number of nitrogens with zero attached hydrogens (tertiary/aromatic N) is 3. The highest BCUT2D eigenvalue weighted by Crippen LogP contribution is 2.37. The van der Waals surface area contributed by atoms with Crippen LogP contribution in [-0.4, -0.2) is 29.1 Å². The van der Waals surface area contributed by atoms with Gasteiger partial charge in [0.1, 0.15) is 0 Å². The highest BCUT2D eigenvalue weighted by molar-refractivity contribution is 5.89. The van der Waals surface area contributed by atoms with E-state index in [4.69, 9.17) is 0 Å². The van der Waals surface area contributed by atoms with E-state index in [1.807, 2.05) is 10.2 Å². The van der Waals surface area contributed by atoms with Gasteiger partial charge in [-0.05, 0) is 37.1 Å². The van der Waals surface area contributed by atoms with E-state index in [-0.39, 0.29) is 12.6 Å². The van der Waals surface area contributed by atoms with Gasteiger partial charge in [-0.1, -0.05) is 0 Å². The molecule has 1 aliphatic rings. The van der Waals surface area contributed by atoms with Crippen LogP contribution in [-0.2, 0) is 18.9 Å². The van der Waals surface area contributed by atoms with Crippen LogP contribution in [0, 0.1) is 0 Å². The predicted molar refractivity (Wildman–Crippen MR) is 95.8 cm³/mol. The number of benzene rings is 1. The summed E-state index contributed by atoms with van der Waals surface area (Å²) in [6, 6.07) is 1.44. The largest absolute Gasteiger partial charge is 0.416 e. The van der Waals surface area contributed by atoms with Gasteiger partial charge in [-0.3, -0.25) is 0 Å². The van der Waals surface area contributed by atoms with Crippen LogP contribution in [0.1, 0.15) is 29.7 Å². The quantitative estimate of drug-likeness (QED) is 0.700. The van der Waals surface area contributed by atoms with E-state index in [9.17, 15) is 31.1 Å². The van der Waals surface area contributed by atoms with Crippen molar-refractivity contribution in [3.05, 3.63) is 47.3 Å². The fraction of sp³-hybridized carbons (Fsp3) is 0.389. The molecule has 2 amide bonds. The molecule has 30 heavy (non-hydrogen) atoms. The van der Waals surface area contributed by atoms with Gasteiger partial charge in [0.05, 0.1) is 23.4 Å². The molecule has 0 bridgehead atoms. The predicted octanol–water partition coefficient (Wildman–Crippen LogP) is 4.44. The summed E-state index contributed by atoms with van der Waals surface area (Å²) >= 11 is 0. The number of alkyl halides is 6. The molecule has 0 radical (unpaired) electrons. The average molecular weight is 433 g/mol. The van der Waals surface area contributed by atoms with E-state index in [0.29, 0.717) is 23.8 Å². The summed E-state index contributed by atoms with van der Waals surface area (Å²) in [5.41, 5.74) is -3.21. The number of amides is 2. The number of aromatic nitrogens is 2. The van der Waals surface area contributed by atoms with Gasteiger partial charge in [-0.25, -0.2) is 14.8 Å². The molecule has 1 saturated heterocycles.